The van der Waals surface area contributed by atoms with E-state index in [9.17, 15) is 4.79 Å². The molecule has 1 aliphatic rings. The van der Waals surface area contributed by atoms with Crippen LogP contribution < -0.4 is 5.32 Å². The van der Waals surface area contributed by atoms with E-state index >= 15 is 0 Å². The van der Waals surface area contributed by atoms with Crippen molar-refractivity contribution in [3.05, 3.63) is 49.0 Å². The van der Waals surface area contributed by atoms with Crippen molar-refractivity contribution < 1.29 is 4.79 Å². The summed E-state index contributed by atoms with van der Waals surface area (Å²) in [5.74, 6) is 0.0111. The van der Waals surface area contributed by atoms with Crippen LogP contribution in [0.4, 0.5) is 0 Å². The van der Waals surface area contributed by atoms with Crippen LogP contribution in [0.5, 0.6) is 0 Å². The molecule has 5 heteroatoms. The molecule has 1 aromatic carbocycles. The minimum atomic E-state index is 0.0111. The Kier molecular flexibility index (Phi) is 5.46. The zero-order chi connectivity index (χ0) is 15.4. The lowest BCUT2D eigenvalue weighted by molar-refractivity contribution is 0.0953. The fourth-order valence-corrected chi connectivity index (χ4v) is 4.43. The second-order valence-electron chi connectivity index (χ2n) is 5.55. The lowest BCUT2D eigenvalue weighted by Gasteiger charge is -2.06. The molecular formula is C17H19IN2OS. The summed E-state index contributed by atoms with van der Waals surface area (Å²) in [6.07, 6.45) is 6.85. The van der Waals surface area contributed by atoms with E-state index in [2.05, 4.69) is 27.9 Å². The number of thiazole rings is 1. The Morgan fingerprint density at radius 2 is 2.18 bits per heavy atom. The van der Waals surface area contributed by atoms with Crippen molar-refractivity contribution in [1.82, 2.24) is 10.3 Å². The molecule has 0 spiro atoms. The largest absolute Gasteiger partial charge is 0.352 e. The standard InChI is InChI=1S/C17H19IN2OS/c18-13-6-3-5-12(11-13)17(21)19-10-4-9-16-20-14-7-1-2-8-15(14)22-16/h3,5-6,11H,1-2,4,7-10H2,(H,19,21). The molecule has 22 heavy (non-hydrogen) atoms. The molecule has 1 aromatic heterocycles. The molecule has 0 bridgehead atoms. The summed E-state index contributed by atoms with van der Waals surface area (Å²) in [7, 11) is 0. The molecule has 0 aliphatic heterocycles. The quantitative estimate of drug-likeness (QED) is 0.581. The fourth-order valence-electron chi connectivity index (χ4n) is 2.69. The summed E-state index contributed by atoms with van der Waals surface area (Å²) in [4.78, 5) is 18.3. The van der Waals surface area contributed by atoms with Crippen molar-refractivity contribution in [2.75, 3.05) is 6.54 Å². The van der Waals surface area contributed by atoms with Gasteiger partial charge in [-0.2, -0.15) is 0 Å². The van der Waals surface area contributed by atoms with E-state index in [1.54, 1.807) is 0 Å². The number of hydrogen-bond donors (Lipinski definition) is 1. The lowest BCUT2D eigenvalue weighted by atomic mass is 10.0. The molecule has 3 rings (SSSR count). The van der Waals surface area contributed by atoms with Crippen LogP contribution in [-0.4, -0.2) is 17.4 Å². The third-order valence-electron chi connectivity index (χ3n) is 3.83. The van der Waals surface area contributed by atoms with Gasteiger partial charge < -0.3 is 5.32 Å². The van der Waals surface area contributed by atoms with Crippen molar-refractivity contribution in [2.24, 2.45) is 0 Å². The number of carbonyl (C=O) groups excluding carboxylic acids is 1. The van der Waals surface area contributed by atoms with Gasteiger partial charge >= 0.3 is 0 Å². The van der Waals surface area contributed by atoms with Gasteiger partial charge in [0.1, 0.15) is 0 Å². The lowest BCUT2D eigenvalue weighted by Crippen LogP contribution is -2.24. The van der Waals surface area contributed by atoms with E-state index in [-0.39, 0.29) is 5.91 Å². The van der Waals surface area contributed by atoms with Gasteiger partial charge in [0, 0.05) is 27.0 Å². The predicted molar refractivity (Wildman–Crippen MR) is 98.6 cm³/mol. The molecule has 1 amide bonds. The van der Waals surface area contributed by atoms with Gasteiger partial charge in [-0.25, -0.2) is 4.98 Å². The number of rotatable bonds is 5. The number of hydrogen-bond acceptors (Lipinski definition) is 3. The Hall–Kier alpha value is -0.950. The summed E-state index contributed by atoms with van der Waals surface area (Å²) in [5, 5.41) is 4.22. The van der Waals surface area contributed by atoms with Crippen LogP contribution in [0.15, 0.2) is 24.3 Å². The van der Waals surface area contributed by atoms with E-state index in [0.29, 0.717) is 6.54 Å². The summed E-state index contributed by atoms with van der Waals surface area (Å²) >= 11 is 4.09. The maximum atomic E-state index is 12.0. The molecule has 0 saturated heterocycles. The average Bonchev–Trinajstić information content (AvgIpc) is 2.94. The van der Waals surface area contributed by atoms with Crippen LogP contribution in [0.25, 0.3) is 0 Å². The first-order chi connectivity index (χ1) is 10.7. The Labute approximate surface area is 148 Å². The Bertz CT molecular complexity index is 645. The van der Waals surface area contributed by atoms with E-state index in [1.807, 2.05) is 35.6 Å². The predicted octanol–water partition coefficient (Wildman–Crippen LogP) is 3.99. The van der Waals surface area contributed by atoms with E-state index in [1.165, 1.54) is 34.8 Å². The number of halogens is 1. The maximum absolute atomic E-state index is 12.0. The number of amides is 1. The molecule has 0 saturated carbocycles. The Morgan fingerprint density at radius 3 is 3.00 bits per heavy atom. The van der Waals surface area contributed by atoms with Crippen LogP contribution in [-0.2, 0) is 19.3 Å². The van der Waals surface area contributed by atoms with Gasteiger partial charge in [-0.1, -0.05) is 6.07 Å². The number of aryl methyl sites for hydroxylation is 3. The number of carbonyl (C=O) groups is 1. The zero-order valence-corrected chi connectivity index (χ0v) is 15.4. The number of nitrogens with one attached hydrogen (secondary N) is 1. The van der Waals surface area contributed by atoms with Gasteiger partial charge in [0.15, 0.2) is 0 Å². The zero-order valence-electron chi connectivity index (χ0n) is 12.4. The van der Waals surface area contributed by atoms with Crippen LogP contribution >= 0.6 is 33.9 Å². The third kappa shape index (κ3) is 4.07. The van der Waals surface area contributed by atoms with Crippen molar-refractivity contribution >= 4 is 39.8 Å². The van der Waals surface area contributed by atoms with E-state index < -0.39 is 0 Å². The normalized spacial score (nSPS) is 13.7. The highest BCUT2D eigenvalue weighted by atomic mass is 127. The number of benzene rings is 1. The average molecular weight is 426 g/mol. The van der Waals surface area contributed by atoms with Crippen molar-refractivity contribution in [3.63, 3.8) is 0 Å². The summed E-state index contributed by atoms with van der Waals surface area (Å²) in [5.41, 5.74) is 2.06. The van der Waals surface area contributed by atoms with Crippen molar-refractivity contribution in [2.45, 2.75) is 38.5 Å². The van der Waals surface area contributed by atoms with Gasteiger partial charge in [-0.15, -0.1) is 11.3 Å². The Morgan fingerprint density at radius 1 is 1.32 bits per heavy atom. The second-order valence-corrected chi connectivity index (χ2v) is 7.97. The van der Waals surface area contributed by atoms with Crippen LogP contribution in [0.2, 0.25) is 0 Å². The molecule has 3 nitrogen and oxygen atoms in total. The van der Waals surface area contributed by atoms with Gasteiger partial charge in [0.05, 0.1) is 10.7 Å². The van der Waals surface area contributed by atoms with Gasteiger partial charge in [0.25, 0.3) is 5.91 Å². The molecular weight excluding hydrogens is 407 g/mol. The first-order valence-electron chi connectivity index (χ1n) is 7.73. The topological polar surface area (TPSA) is 42.0 Å². The minimum Gasteiger partial charge on any atom is -0.352 e. The van der Waals surface area contributed by atoms with Gasteiger partial charge in [-0.05, 0) is 72.9 Å². The second kappa shape index (κ2) is 7.55. The van der Waals surface area contributed by atoms with Gasteiger partial charge in [-0.3, -0.25) is 4.79 Å². The fraction of sp³-hybridized carbons (Fsp3) is 0.412. The third-order valence-corrected chi connectivity index (χ3v) is 5.72. The number of nitrogens with zero attached hydrogens (tertiary/aromatic N) is 1. The minimum absolute atomic E-state index is 0.0111. The highest BCUT2D eigenvalue weighted by molar-refractivity contribution is 14.1. The molecule has 0 radical (unpaired) electrons. The van der Waals surface area contributed by atoms with Crippen LogP contribution in [0.3, 0.4) is 0 Å². The summed E-state index contributed by atoms with van der Waals surface area (Å²) in [6.45, 7) is 0.703. The van der Waals surface area contributed by atoms with Crippen molar-refractivity contribution in [1.29, 1.82) is 0 Å². The van der Waals surface area contributed by atoms with E-state index in [0.717, 1.165) is 28.4 Å². The van der Waals surface area contributed by atoms with Gasteiger partial charge in [0.2, 0.25) is 0 Å². The first-order valence-corrected chi connectivity index (χ1v) is 9.63. The molecule has 0 atom stereocenters. The maximum Gasteiger partial charge on any atom is 0.251 e. The molecule has 1 heterocycles. The van der Waals surface area contributed by atoms with Crippen molar-refractivity contribution in [3.8, 4) is 0 Å². The molecule has 0 fully saturated rings. The number of aromatic nitrogens is 1. The molecule has 116 valence electrons. The smallest absolute Gasteiger partial charge is 0.251 e. The monoisotopic (exact) mass is 426 g/mol. The highest BCUT2D eigenvalue weighted by Crippen LogP contribution is 2.27. The summed E-state index contributed by atoms with van der Waals surface area (Å²) < 4.78 is 1.08. The first kappa shape index (κ1) is 15.9. The summed E-state index contributed by atoms with van der Waals surface area (Å²) in [6, 6.07) is 7.66. The highest BCUT2D eigenvalue weighted by Gasteiger charge is 2.14. The molecule has 1 aliphatic carbocycles. The Balaban J connectivity index is 1.45. The van der Waals surface area contributed by atoms with Crippen LogP contribution in [0.1, 0.15) is 45.2 Å². The number of fused-ring (bicyclic) bond motifs is 1. The molecule has 1 N–H and O–H groups in total. The molecule has 2 aromatic rings. The SMILES string of the molecule is O=C(NCCCc1nc2c(s1)CCCC2)c1cccc(I)c1. The van der Waals surface area contributed by atoms with Crippen LogP contribution in [0, 0.1) is 3.57 Å². The van der Waals surface area contributed by atoms with E-state index in [4.69, 9.17) is 4.98 Å². The molecule has 0 unspecified atom stereocenters.